The van der Waals surface area contributed by atoms with Gasteiger partial charge in [0.25, 0.3) is 0 Å². The second kappa shape index (κ2) is 10.3. The van der Waals surface area contributed by atoms with E-state index in [0.29, 0.717) is 18.9 Å². The number of rotatable bonds is 7. The molecule has 1 amide bonds. The van der Waals surface area contributed by atoms with Crippen molar-refractivity contribution in [3.05, 3.63) is 0 Å². The van der Waals surface area contributed by atoms with Crippen LogP contribution in [0.1, 0.15) is 65.7 Å². The molecular weight excluding hydrogens is 346 g/mol. The molecule has 0 aromatic carbocycles. The lowest BCUT2D eigenvalue weighted by molar-refractivity contribution is -0.152. The van der Waals surface area contributed by atoms with E-state index in [9.17, 15) is 9.59 Å². The Morgan fingerprint density at radius 2 is 1.78 bits per heavy atom. The molecule has 2 rings (SSSR count). The summed E-state index contributed by atoms with van der Waals surface area (Å²) in [7, 11) is 0. The van der Waals surface area contributed by atoms with Gasteiger partial charge in [-0.05, 0) is 84.7 Å². The van der Waals surface area contributed by atoms with Gasteiger partial charge in [-0.15, -0.1) is 0 Å². The fourth-order valence-electron chi connectivity index (χ4n) is 3.88. The standard InChI is InChI=1S/C20H37N3O4/c1-20(2,3)27-19(25)22-17(18(24)26-16-6-4-5-7-16)14-15-8-11-23(12-9-15)13-10-21/h15-17H,4-14,21H2,1-3H3,(H,22,25)/t17-/m0/s1. The maximum absolute atomic E-state index is 12.7. The molecule has 156 valence electrons. The smallest absolute Gasteiger partial charge is 0.408 e. The molecule has 3 N–H and O–H groups in total. The minimum absolute atomic E-state index is 0.00756. The Bertz CT molecular complexity index is 478. The molecule has 7 nitrogen and oxygen atoms in total. The molecule has 7 heteroatoms. The van der Waals surface area contributed by atoms with Crippen molar-refractivity contribution in [2.24, 2.45) is 11.7 Å². The number of esters is 1. The fourth-order valence-corrected chi connectivity index (χ4v) is 3.88. The number of likely N-dealkylation sites (tertiary alicyclic amines) is 1. The third kappa shape index (κ3) is 8.05. The Morgan fingerprint density at radius 3 is 2.33 bits per heavy atom. The molecule has 27 heavy (non-hydrogen) atoms. The maximum Gasteiger partial charge on any atom is 0.408 e. The SMILES string of the molecule is CC(C)(C)OC(=O)N[C@@H](CC1CCN(CCN)CC1)C(=O)OC1CCCC1. The van der Waals surface area contributed by atoms with Gasteiger partial charge in [0.2, 0.25) is 0 Å². The van der Waals surface area contributed by atoms with Crippen molar-refractivity contribution in [1.82, 2.24) is 10.2 Å². The van der Waals surface area contributed by atoms with Gasteiger partial charge in [-0.25, -0.2) is 9.59 Å². The van der Waals surface area contributed by atoms with E-state index < -0.39 is 17.7 Å². The predicted molar refractivity (Wildman–Crippen MR) is 104 cm³/mol. The summed E-state index contributed by atoms with van der Waals surface area (Å²) in [5.41, 5.74) is 5.03. The van der Waals surface area contributed by atoms with E-state index in [1.807, 2.05) is 20.8 Å². The molecule has 0 unspecified atom stereocenters. The van der Waals surface area contributed by atoms with Gasteiger partial charge < -0.3 is 25.4 Å². The molecule has 2 aliphatic rings. The van der Waals surface area contributed by atoms with Gasteiger partial charge in [-0.2, -0.15) is 0 Å². The normalized spacial score (nSPS) is 21.0. The van der Waals surface area contributed by atoms with Crippen LogP contribution in [-0.2, 0) is 14.3 Å². The van der Waals surface area contributed by atoms with Crippen molar-refractivity contribution in [1.29, 1.82) is 0 Å². The van der Waals surface area contributed by atoms with Gasteiger partial charge in [-0.3, -0.25) is 0 Å². The third-order valence-corrected chi connectivity index (χ3v) is 5.28. The lowest BCUT2D eigenvalue weighted by atomic mass is 9.90. The van der Waals surface area contributed by atoms with E-state index in [1.54, 1.807) is 0 Å². The lowest BCUT2D eigenvalue weighted by Crippen LogP contribution is -2.47. The first-order valence-electron chi connectivity index (χ1n) is 10.4. The quantitative estimate of drug-likeness (QED) is 0.656. The molecule has 1 atom stereocenters. The first-order chi connectivity index (χ1) is 12.8. The van der Waals surface area contributed by atoms with Crippen LogP contribution in [0.3, 0.4) is 0 Å². The van der Waals surface area contributed by atoms with Crippen molar-refractivity contribution in [3.63, 3.8) is 0 Å². The fraction of sp³-hybridized carbons (Fsp3) is 0.900. The zero-order chi connectivity index (χ0) is 19.9. The number of piperidine rings is 1. The van der Waals surface area contributed by atoms with Gasteiger partial charge in [0, 0.05) is 13.1 Å². The largest absolute Gasteiger partial charge is 0.461 e. The van der Waals surface area contributed by atoms with Crippen LogP contribution in [-0.4, -0.2) is 60.9 Å². The summed E-state index contributed by atoms with van der Waals surface area (Å²) in [6, 6.07) is -0.647. The zero-order valence-electron chi connectivity index (χ0n) is 17.2. The Kier molecular flexibility index (Phi) is 8.35. The summed E-state index contributed by atoms with van der Waals surface area (Å²) in [5, 5.41) is 2.76. The van der Waals surface area contributed by atoms with Crippen LogP contribution in [0, 0.1) is 5.92 Å². The number of nitrogens with zero attached hydrogens (tertiary/aromatic N) is 1. The number of hydrogen-bond acceptors (Lipinski definition) is 6. The molecule has 0 spiro atoms. The summed E-state index contributed by atoms with van der Waals surface area (Å²) in [5.74, 6) is 0.0623. The monoisotopic (exact) mass is 383 g/mol. The molecule has 0 bridgehead atoms. The van der Waals surface area contributed by atoms with E-state index in [2.05, 4.69) is 10.2 Å². The van der Waals surface area contributed by atoms with Crippen molar-refractivity contribution in [2.45, 2.75) is 83.5 Å². The average Bonchev–Trinajstić information content (AvgIpc) is 3.07. The van der Waals surface area contributed by atoms with Crippen LogP contribution in [0.4, 0.5) is 4.79 Å². The summed E-state index contributed by atoms with van der Waals surface area (Å²) in [6.45, 7) is 8.98. The van der Waals surface area contributed by atoms with Crippen LogP contribution >= 0.6 is 0 Å². The Hall–Kier alpha value is -1.34. The number of alkyl carbamates (subject to hydrolysis) is 1. The van der Waals surface area contributed by atoms with Crippen molar-refractivity contribution in [3.8, 4) is 0 Å². The van der Waals surface area contributed by atoms with E-state index in [-0.39, 0.29) is 12.1 Å². The van der Waals surface area contributed by atoms with Crippen LogP contribution in [0.5, 0.6) is 0 Å². The minimum atomic E-state index is -0.647. The minimum Gasteiger partial charge on any atom is -0.461 e. The third-order valence-electron chi connectivity index (χ3n) is 5.28. The Morgan fingerprint density at radius 1 is 1.15 bits per heavy atom. The highest BCUT2D eigenvalue weighted by Crippen LogP contribution is 2.25. The van der Waals surface area contributed by atoms with Crippen LogP contribution in [0.2, 0.25) is 0 Å². The number of ether oxygens (including phenoxy) is 2. The van der Waals surface area contributed by atoms with Crippen molar-refractivity contribution >= 4 is 12.1 Å². The highest BCUT2D eigenvalue weighted by molar-refractivity contribution is 5.81. The molecule has 1 heterocycles. The van der Waals surface area contributed by atoms with Gasteiger partial charge in [0.05, 0.1) is 0 Å². The molecule has 2 fully saturated rings. The summed E-state index contributed by atoms with van der Waals surface area (Å²) in [6.07, 6.45) is 6.07. The predicted octanol–water partition coefficient (Wildman–Crippen LogP) is 2.43. The molecule has 1 saturated heterocycles. The second-order valence-electron chi connectivity index (χ2n) is 8.85. The molecule has 1 saturated carbocycles. The molecule has 0 radical (unpaired) electrons. The molecule has 1 aliphatic heterocycles. The number of nitrogens with two attached hydrogens (primary N) is 1. The van der Waals surface area contributed by atoms with Crippen LogP contribution in [0.25, 0.3) is 0 Å². The number of hydrogen-bond donors (Lipinski definition) is 2. The molecule has 0 aromatic rings. The number of nitrogens with one attached hydrogen (secondary N) is 1. The zero-order valence-corrected chi connectivity index (χ0v) is 17.2. The van der Waals surface area contributed by atoms with Gasteiger partial charge in [0.15, 0.2) is 0 Å². The highest BCUT2D eigenvalue weighted by atomic mass is 16.6. The van der Waals surface area contributed by atoms with E-state index in [1.165, 1.54) is 0 Å². The lowest BCUT2D eigenvalue weighted by Gasteiger charge is -2.33. The first kappa shape index (κ1) is 22.0. The van der Waals surface area contributed by atoms with Gasteiger partial charge >= 0.3 is 12.1 Å². The summed E-state index contributed by atoms with van der Waals surface area (Å²) in [4.78, 5) is 27.3. The van der Waals surface area contributed by atoms with Gasteiger partial charge in [0.1, 0.15) is 17.7 Å². The van der Waals surface area contributed by atoms with Crippen molar-refractivity contribution < 1.29 is 19.1 Å². The van der Waals surface area contributed by atoms with E-state index in [0.717, 1.165) is 58.2 Å². The summed E-state index contributed by atoms with van der Waals surface area (Å²) >= 11 is 0. The number of carbonyl (C=O) groups is 2. The highest BCUT2D eigenvalue weighted by Gasteiger charge is 2.32. The number of amides is 1. The van der Waals surface area contributed by atoms with Crippen LogP contribution < -0.4 is 11.1 Å². The molecular formula is C20H37N3O4. The average molecular weight is 384 g/mol. The maximum atomic E-state index is 12.7. The van der Waals surface area contributed by atoms with E-state index >= 15 is 0 Å². The molecule has 0 aromatic heterocycles. The Balaban J connectivity index is 1.91. The topological polar surface area (TPSA) is 93.9 Å². The number of carbonyl (C=O) groups excluding carboxylic acids is 2. The second-order valence-corrected chi connectivity index (χ2v) is 8.85. The van der Waals surface area contributed by atoms with E-state index in [4.69, 9.17) is 15.2 Å². The van der Waals surface area contributed by atoms with Gasteiger partial charge in [-0.1, -0.05) is 0 Å². The first-order valence-corrected chi connectivity index (χ1v) is 10.4. The van der Waals surface area contributed by atoms with Crippen molar-refractivity contribution in [2.75, 3.05) is 26.2 Å². The Labute approximate surface area is 163 Å². The van der Waals surface area contributed by atoms with Crippen LogP contribution in [0.15, 0.2) is 0 Å². The summed E-state index contributed by atoms with van der Waals surface area (Å²) < 4.78 is 11.0. The molecule has 1 aliphatic carbocycles.